The van der Waals surface area contributed by atoms with Crippen LogP contribution in [-0.4, -0.2) is 76.8 Å². The molecule has 6 unspecified atom stereocenters. The van der Waals surface area contributed by atoms with Crippen LogP contribution in [0, 0.1) is 28.1 Å². The Hall–Kier alpha value is -0.810. The highest BCUT2D eigenvalue weighted by Gasteiger charge is 3.00. The van der Waals surface area contributed by atoms with Gasteiger partial charge in [-0.25, -0.2) is 4.79 Å². The molecule has 11 atom stereocenters. The van der Waals surface area contributed by atoms with Gasteiger partial charge in [-0.2, -0.15) is 0 Å². The summed E-state index contributed by atoms with van der Waals surface area (Å²) in [7, 11) is 0. The molecule has 6 rings (SSSR count). The van der Waals surface area contributed by atoms with Gasteiger partial charge in [0.25, 0.3) is 0 Å². The zero-order valence-corrected chi connectivity index (χ0v) is 17.0. The molecule has 0 amide bonds. The lowest BCUT2D eigenvalue weighted by molar-refractivity contribution is -0.376. The molecule has 6 fully saturated rings. The van der Waals surface area contributed by atoms with Crippen LogP contribution in [0.25, 0.3) is 0 Å². The summed E-state index contributed by atoms with van der Waals surface area (Å²) in [5, 5.41) is 34.7. The Morgan fingerprint density at radius 3 is 2.55 bits per heavy atom. The normalized spacial score (nSPS) is 62.6. The first kappa shape index (κ1) is 18.9. The van der Waals surface area contributed by atoms with Crippen LogP contribution in [0.15, 0.2) is 0 Å². The Morgan fingerprint density at radius 1 is 1.14 bits per heavy atom. The summed E-state index contributed by atoms with van der Waals surface area (Å²) >= 11 is 0. The molecule has 0 aromatic heterocycles. The van der Waals surface area contributed by atoms with Gasteiger partial charge in [-0.05, 0) is 11.8 Å². The summed E-state index contributed by atoms with van der Waals surface area (Å²) in [4.78, 5) is 13.4. The number of aliphatic hydroxyl groups is 3. The maximum absolute atomic E-state index is 13.4. The number of fused-ring (bicyclic) bond motifs is 1. The van der Waals surface area contributed by atoms with E-state index in [-0.39, 0.29) is 19.8 Å². The lowest BCUT2D eigenvalue weighted by atomic mass is 9.52. The average molecular weight is 412 g/mol. The van der Waals surface area contributed by atoms with Gasteiger partial charge in [0.15, 0.2) is 19.4 Å². The number of hydrogen-bond donors (Lipinski definition) is 3. The van der Waals surface area contributed by atoms with Gasteiger partial charge < -0.3 is 39.0 Å². The molecule has 0 aromatic rings. The molecule has 9 heteroatoms. The highest BCUT2D eigenvalue weighted by atomic mass is 16.8. The van der Waals surface area contributed by atoms with Crippen LogP contribution >= 0.6 is 0 Å². The van der Waals surface area contributed by atoms with Gasteiger partial charge in [-0.1, -0.05) is 27.7 Å². The molecular formula is C20H28O9. The summed E-state index contributed by atoms with van der Waals surface area (Å²) in [6.07, 6.45) is -4.90. The molecule has 2 aliphatic carbocycles. The van der Waals surface area contributed by atoms with E-state index < -0.39 is 76.1 Å². The topological polar surface area (TPSA) is 124 Å². The first-order chi connectivity index (χ1) is 13.5. The zero-order chi connectivity index (χ0) is 20.8. The number of carbonyl (C=O) groups is 1. The lowest BCUT2D eigenvalue weighted by Gasteiger charge is -2.52. The van der Waals surface area contributed by atoms with E-state index in [0.29, 0.717) is 0 Å². The van der Waals surface area contributed by atoms with Crippen LogP contribution in [0.3, 0.4) is 0 Å². The Kier molecular flexibility index (Phi) is 3.25. The fraction of sp³-hybridized carbons (Fsp3) is 0.950. The molecule has 9 nitrogen and oxygen atoms in total. The number of hydrogen-bond acceptors (Lipinski definition) is 9. The summed E-state index contributed by atoms with van der Waals surface area (Å²) < 4.78 is 29.5. The zero-order valence-electron chi connectivity index (χ0n) is 17.0. The minimum Gasteiger partial charge on any atom is -0.457 e. The Balaban J connectivity index is 1.70. The fourth-order valence-corrected chi connectivity index (χ4v) is 8.26. The van der Waals surface area contributed by atoms with Crippen molar-refractivity contribution in [2.24, 2.45) is 28.1 Å². The largest absolute Gasteiger partial charge is 0.457 e. The lowest BCUT2D eigenvalue weighted by Crippen LogP contribution is -2.66. The van der Waals surface area contributed by atoms with Crippen molar-refractivity contribution in [3.8, 4) is 0 Å². The average Bonchev–Trinajstić information content (AvgIpc) is 3.27. The van der Waals surface area contributed by atoms with E-state index in [1.807, 2.05) is 27.7 Å². The van der Waals surface area contributed by atoms with E-state index in [9.17, 15) is 20.1 Å². The number of aliphatic hydroxyl groups excluding tert-OH is 2. The quantitative estimate of drug-likeness (QED) is 0.452. The van der Waals surface area contributed by atoms with Gasteiger partial charge in [0.2, 0.25) is 5.60 Å². The van der Waals surface area contributed by atoms with Crippen LogP contribution in [0.5, 0.6) is 0 Å². The minimum absolute atomic E-state index is 0.203. The summed E-state index contributed by atoms with van der Waals surface area (Å²) in [5.74, 6) is -1.70. The summed E-state index contributed by atoms with van der Waals surface area (Å²) in [6.45, 7) is 7.75. The second kappa shape index (κ2) is 4.98. The van der Waals surface area contributed by atoms with Gasteiger partial charge in [0.05, 0.1) is 29.6 Å². The predicted molar refractivity (Wildman–Crippen MR) is 92.8 cm³/mol. The van der Waals surface area contributed by atoms with Crippen LogP contribution in [0.1, 0.15) is 34.1 Å². The van der Waals surface area contributed by atoms with Crippen molar-refractivity contribution in [2.45, 2.75) is 76.2 Å². The third kappa shape index (κ3) is 1.50. The Labute approximate surface area is 168 Å². The van der Waals surface area contributed by atoms with Crippen LogP contribution in [0.2, 0.25) is 0 Å². The number of rotatable bonds is 0. The monoisotopic (exact) mass is 412 g/mol. The van der Waals surface area contributed by atoms with Crippen molar-refractivity contribution >= 4 is 5.97 Å². The van der Waals surface area contributed by atoms with Crippen molar-refractivity contribution in [3.05, 3.63) is 0 Å². The molecule has 3 N–H and O–H groups in total. The van der Waals surface area contributed by atoms with Gasteiger partial charge in [-0.3, -0.25) is 0 Å². The maximum Gasteiger partial charge on any atom is 0.342 e. The summed E-state index contributed by atoms with van der Waals surface area (Å²) in [6, 6.07) is 0. The molecule has 0 radical (unpaired) electrons. The first-order valence-corrected chi connectivity index (χ1v) is 10.3. The van der Waals surface area contributed by atoms with Gasteiger partial charge in [0.1, 0.15) is 11.7 Å². The van der Waals surface area contributed by atoms with Gasteiger partial charge in [-0.15, -0.1) is 0 Å². The molecule has 0 aromatic carbocycles. The molecule has 162 valence electrons. The molecule has 29 heavy (non-hydrogen) atoms. The smallest absolute Gasteiger partial charge is 0.342 e. The Bertz CT molecular complexity index is 795. The molecule has 6 aliphatic rings. The number of esters is 1. The first-order valence-electron chi connectivity index (χ1n) is 10.3. The SMILES string of the molecule is C[C@@H]1COC2CC34C5OC(=O)C3(OC3OCO[C@H](O)C34[C@H](C(C)(C)C)[C@H]5O)[C@]21O. The van der Waals surface area contributed by atoms with E-state index >= 15 is 0 Å². The third-order valence-corrected chi connectivity index (χ3v) is 8.90. The van der Waals surface area contributed by atoms with E-state index in [2.05, 4.69) is 0 Å². The second-order valence-corrected chi connectivity index (χ2v) is 10.8. The molecule has 4 saturated heterocycles. The maximum atomic E-state index is 13.4. The number of ether oxygens (including phenoxy) is 5. The number of carbonyl (C=O) groups excluding carboxylic acids is 1. The van der Waals surface area contributed by atoms with Crippen molar-refractivity contribution in [2.75, 3.05) is 13.4 Å². The third-order valence-electron chi connectivity index (χ3n) is 8.90. The van der Waals surface area contributed by atoms with Crippen LogP contribution in [-0.2, 0) is 28.5 Å². The minimum atomic E-state index is -1.80. The van der Waals surface area contributed by atoms with Crippen molar-refractivity contribution in [1.29, 1.82) is 0 Å². The van der Waals surface area contributed by atoms with Crippen molar-refractivity contribution in [1.82, 2.24) is 0 Å². The van der Waals surface area contributed by atoms with E-state index in [0.717, 1.165) is 0 Å². The predicted octanol–water partition coefficient (Wildman–Crippen LogP) is -0.491. The highest BCUT2D eigenvalue weighted by molar-refractivity contribution is 5.89. The molecule has 2 spiro atoms. The highest BCUT2D eigenvalue weighted by Crippen LogP contribution is 2.83. The Morgan fingerprint density at radius 2 is 1.86 bits per heavy atom. The van der Waals surface area contributed by atoms with Crippen LogP contribution < -0.4 is 0 Å². The van der Waals surface area contributed by atoms with Crippen LogP contribution in [0.4, 0.5) is 0 Å². The molecule has 4 heterocycles. The summed E-state index contributed by atoms with van der Waals surface area (Å²) in [5.41, 5.74) is -6.51. The standard InChI is InChI=1S/C20H28O9/c1-8-6-25-9-5-17-12-10(21)11(16(2,3)4)18(17)13(22)26-7-27-15(18)29-20(17,14(23)28-12)19(8,9)24/h8-13,15,21-22,24H,5-7H2,1-4H3/t8-,9?,10-,11+,12?,13+,15?,17?,18?,19-,20?/m1/s1. The molecule has 0 bridgehead atoms. The van der Waals surface area contributed by atoms with E-state index in [1.54, 1.807) is 0 Å². The molecular weight excluding hydrogens is 384 g/mol. The molecule has 4 aliphatic heterocycles. The van der Waals surface area contributed by atoms with Gasteiger partial charge in [0, 0.05) is 11.8 Å². The molecule has 2 saturated carbocycles. The fourth-order valence-electron chi connectivity index (χ4n) is 8.26. The van der Waals surface area contributed by atoms with Crippen molar-refractivity contribution in [3.63, 3.8) is 0 Å². The second-order valence-electron chi connectivity index (χ2n) is 10.8. The van der Waals surface area contributed by atoms with Gasteiger partial charge >= 0.3 is 5.97 Å². The van der Waals surface area contributed by atoms with E-state index in [1.165, 1.54) is 0 Å². The van der Waals surface area contributed by atoms with E-state index in [4.69, 9.17) is 23.7 Å². The van der Waals surface area contributed by atoms with Crippen molar-refractivity contribution < 1.29 is 43.8 Å².